The largest absolute Gasteiger partial charge is 0.465 e. The molecule has 1 aliphatic heterocycles. The number of ether oxygens (including phenoxy) is 1. The number of ketones is 1. The molecule has 0 spiro atoms. The minimum Gasteiger partial charge on any atom is -0.465 e. The SMILES string of the molecule is O=C1CC(=C2C=CCCC2)OC2=C1CCCC2. The Morgan fingerprint density at radius 3 is 2.71 bits per heavy atom. The third-order valence-electron chi connectivity index (χ3n) is 3.82. The highest BCUT2D eigenvalue weighted by Crippen LogP contribution is 2.36. The summed E-state index contributed by atoms with van der Waals surface area (Å²) in [6.07, 6.45) is 12.4. The fourth-order valence-corrected chi connectivity index (χ4v) is 2.85. The molecule has 0 N–H and O–H groups in total. The lowest BCUT2D eigenvalue weighted by molar-refractivity contribution is -0.116. The van der Waals surface area contributed by atoms with Gasteiger partial charge in [-0.2, -0.15) is 0 Å². The molecular formula is C15H18O2. The van der Waals surface area contributed by atoms with Crippen molar-refractivity contribution in [2.75, 3.05) is 0 Å². The van der Waals surface area contributed by atoms with Crippen LogP contribution >= 0.6 is 0 Å². The molecule has 0 fully saturated rings. The quantitative estimate of drug-likeness (QED) is 0.632. The number of Topliss-reactive ketones (excluding diaryl/α,β-unsaturated/α-hetero) is 1. The molecule has 0 saturated heterocycles. The third kappa shape index (κ3) is 2.08. The molecule has 0 aromatic heterocycles. The molecule has 0 amide bonds. The number of hydrogen-bond donors (Lipinski definition) is 0. The average molecular weight is 230 g/mol. The fraction of sp³-hybridized carbons (Fsp3) is 0.533. The zero-order valence-corrected chi connectivity index (χ0v) is 10.1. The van der Waals surface area contributed by atoms with Crippen LogP contribution in [0.4, 0.5) is 0 Å². The van der Waals surface area contributed by atoms with Gasteiger partial charge in [0.15, 0.2) is 5.78 Å². The van der Waals surface area contributed by atoms with Crippen molar-refractivity contribution in [3.05, 3.63) is 34.8 Å². The van der Waals surface area contributed by atoms with Crippen LogP contribution < -0.4 is 0 Å². The van der Waals surface area contributed by atoms with Gasteiger partial charge in [0.25, 0.3) is 0 Å². The minimum atomic E-state index is 0.299. The van der Waals surface area contributed by atoms with E-state index in [4.69, 9.17) is 4.74 Å². The Hall–Kier alpha value is -1.31. The Kier molecular flexibility index (Phi) is 2.87. The molecule has 2 aliphatic carbocycles. The van der Waals surface area contributed by atoms with Gasteiger partial charge in [-0.25, -0.2) is 0 Å². The Bertz CT molecular complexity index is 438. The lowest BCUT2D eigenvalue weighted by Gasteiger charge is -2.27. The van der Waals surface area contributed by atoms with Crippen LogP contribution in [-0.4, -0.2) is 5.78 Å². The van der Waals surface area contributed by atoms with Crippen LogP contribution in [-0.2, 0) is 9.53 Å². The predicted octanol–water partition coefficient (Wildman–Crippen LogP) is 3.80. The molecule has 3 rings (SSSR count). The molecule has 0 bridgehead atoms. The first-order chi connectivity index (χ1) is 8.34. The summed E-state index contributed by atoms with van der Waals surface area (Å²) in [5, 5.41) is 0. The monoisotopic (exact) mass is 230 g/mol. The van der Waals surface area contributed by atoms with Crippen molar-refractivity contribution >= 4 is 5.78 Å². The zero-order valence-electron chi connectivity index (χ0n) is 10.1. The first kappa shape index (κ1) is 10.8. The third-order valence-corrected chi connectivity index (χ3v) is 3.82. The van der Waals surface area contributed by atoms with Gasteiger partial charge in [-0.1, -0.05) is 12.2 Å². The summed E-state index contributed by atoms with van der Waals surface area (Å²) in [5.74, 6) is 2.19. The van der Waals surface area contributed by atoms with E-state index in [9.17, 15) is 4.79 Å². The fourth-order valence-electron chi connectivity index (χ4n) is 2.85. The highest BCUT2D eigenvalue weighted by Gasteiger charge is 2.28. The lowest BCUT2D eigenvalue weighted by atomic mass is 9.89. The standard InChI is InChI=1S/C15H18O2/c16-13-10-15(11-6-2-1-3-7-11)17-14-9-5-4-8-12(13)14/h2,6H,1,3-5,7-10H2. The molecule has 17 heavy (non-hydrogen) atoms. The molecule has 1 heterocycles. The Labute approximate surface area is 102 Å². The predicted molar refractivity (Wildman–Crippen MR) is 66.2 cm³/mol. The highest BCUT2D eigenvalue weighted by atomic mass is 16.5. The second-order valence-corrected chi connectivity index (χ2v) is 5.05. The number of rotatable bonds is 0. The van der Waals surface area contributed by atoms with Gasteiger partial charge in [-0.15, -0.1) is 0 Å². The van der Waals surface area contributed by atoms with Gasteiger partial charge >= 0.3 is 0 Å². The second-order valence-electron chi connectivity index (χ2n) is 5.05. The zero-order chi connectivity index (χ0) is 11.7. The maximum Gasteiger partial charge on any atom is 0.169 e. The second kappa shape index (κ2) is 4.52. The first-order valence-corrected chi connectivity index (χ1v) is 6.66. The van der Waals surface area contributed by atoms with E-state index in [1.165, 1.54) is 12.0 Å². The molecule has 0 aromatic rings. The topological polar surface area (TPSA) is 26.3 Å². The number of hydrogen-bond acceptors (Lipinski definition) is 2. The first-order valence-electron chi connectivity index (χ1n) is 6.66. The van der Waals surface area contributed by atoms with Crippen molar-refractivity contribution in [3.8, 4) is 0 Å². The highest BCUT2D eigenvalue weighted by molar-refractivity contribution is 5.98. The summed E-state index contributed by atoms with van der Waals surface area (Å²) in [7, 11) is 0. The molecule has 0 unspecified atom stereocenters. The van der Waals surface area contributed by atoms with Gasteiger partial charge < -0.3 is 4.74 Å². The van der Waals surface area contributed by atoms with Crippen LogP contribution in [0.2, 0.25) is 0 Å². The Morgan fingerprint density at radius 2 is 1.88 bits per heavy atom. The Balaban J connectivity index is 1.92. The average Bonchev–Trinajstić information content (AvgIpc) is 2.40. The molecule has 90 valence electrons. The van der Waals surface area contributed by atoms with Crippen molar-refractivity contribution in [2.45, 2.75) is 51.4 Å². The van der Waals surface area contributed by atoms with Gasteiger partial charge in [0.1, 0.15) is 11.5 Å². The van der Waals surface area contributed by atoms with Gasteiger partial charge in [0.05, 0.1) is 6.42 Å². The van der Waals surface area contributed by atoms with E-state index < -0.39 is 0 Å². The molecule has 0 atom stereocenters. The van der Waals surface area contributed by atoms with E-state index in [0.717, 1.165) is 55.6 Å². The summed E-state index contributed by atoms with van der Waals surface area (Å²) in [6, 6.07) is 0. The van der Waals surface area contributed by atoms with E-state index in [1.807, 2.05) is 0 Å². The lowest BCUT2D eigenvalue weighted by Crippen LogP contribution is -2.19. The van der Waals surface area contributed by atoms with Crippen LogP contribution in [0.25, 0.3) is 0 Å². The van der Waals surface area contributed by atoms with Gasteiger partial charge in [0.2, 0.25) is 0 Å². The number of allylic oxidation sites excluding steroid dienone is 6. The van der Waals surface area contributed by atoms with Gasteiger partial charge in [-0.3, -0.25) is 4.79 Å². The molecular weight excluding hydrogens is 212 g/mol. The summed E-state index contributed by atoms with van der Waals surface area (Å²) in [4.78, 5) is 12.1. The van der Waals surface area contributed by atoms with E-state index in [0.29, 0.717) is 12.2 Å². The van der Waals surface area contributed by atoms with Crippen molar-refractivity contribution in [2.24, 2.45) is 0 Å². The summed E-state index contributed by atoms with van der Waals surface area (Å²) in [5.41, 5.74) is 2.21. The molecule has 0 aromatic carbocycles. The van der Waals surface area contributed by atoms with Gasteiger partial charge in [-0.05, 0) is 44.1 Å². The molecule has 0 saturated carbocycles. The van der Waals surface area contributed by atoms with E-state index >= 15 is 0 Å². The van der Waals surface area contributed by atoms with E-state index in [2.05, 4.69) is 12.2 Å². The molecule has 2 nitrogen and oxygen atoms in total. The van der Waals surface area contributed by atoms with Crippen LogP contribution in [0, 0.1) is 0 Å². The van der Waals surface area contributed by atoms with E-state index in [1.54, 1.807) is 0 Å². The maximum atomic E-state index is 12.1. The minimum absolute atomic E-state index is 0.299. The summed E-state index contributed by atoms with van der Waals surface area (Å²) in [6.45, 7) is 0. The normalized spacial score (nSPS) is 29.1. The van der Waals surface area contributed by atoms with Crippen LogP contribution in [0.1, 0.15) is 51.4 Å². The van der Waals surface area contributed by atoms with Crippen molar-refractivity contribution in [1.82, 2.24) is 0 Å². The Morgan fingerprint density at radius 1 is 1.00 bits per heavy atom. The number of carbonyl (C=O) groups is 1. The van der Waals surface area contributed by atoms with Crippen molar-refractivity contribution < 1.29 is 9.53 Å². The number of carbonyl (C=O) groups excluding carboxylic acids is 1. The smallest absolute Gasteiger partial charge is 0.169 e. The summed E-state index contributed by atoms with van der Waals surface area (Å²) < 4.78 is 5.99. The summed E-state index contributed by atoms with van der Waals surface area (Å²) >= 11 is 0. The van der Waals surface area contributed by atoms with Crippen LogP contribution in [0.5, 0.6) is 0 Å². The maximum absolute atomic E-state index is 12.1. The molecule has 3 aliphatic rings. The van der Waals surface area contributed by atoms with E-state index in [-0.39, 0.29) is 0 Å². The van der Waals surface area contributed by atoms with Crippen molar-refractivity contribution in [3.63, 3.8) is 0 Å². The van der Waals surface area contributed by atoms with Gasteiger partial charge in [0, 0.05) is 12.0 Å². The van der Waals surface area contributed by atoms with Crippen molar-refractivity contribution in [1.29, 1.82) is 0 Å². The molecule has 2 heteroatoms. The molecule has 0 radical (unpaired) electrons. The van der Waals surface area contributed by atoms with Crippen LogP contribution in [0.15, 0.2) is 34.8 Å². The van der Waals surface area contributed by atoms with Crippen LogP contribution in [0.3, 0.4) is 0 Å².